The molecule has 0 N–H and O–H groups in total. The quantitative estimate of drug-likeness (QED) is 0.598. The van der Waals surface area contributed by atoms with Gasteiger partial charge in [-0.3, -0.25) is 4.79 Å². The van der Waals surface area contributed by atoms with Crippen LogP contribution in [0.2, 0.25) is 0 Å². The molecule has 1 atom stereocenters. The Bertz CT molecular complexity index is 685. The van der Waals surface area contributed by atoms with Crippen LogP contribution in [0.3, 0.4) is 0 Å². The van der Waals surface area contributed by atoms with Crippen LogP contribution in [0.25, 0.3) is 0 Å². The summed E-state index contributed by atoms with van der Waals surface area (Å²) in [7, 11) is 0. The monoisotopic (exact) mass is 370 g/mol. The van der Waals surface area contributed by atoms with Crippen LogP contribution in [0.4, 0.5) is 13.2 Å². The van der Waals surface area contributed by atoms with Gasteiger partial charge < -0.3 is 0 Å². The Hall–Kier alpha value is -1.62. The molecule has 0 radical (unpaired) electrons. The Kier molecular flexibility index (Phi) is 5.40. The van der Waals surface area contributed by atoms with Crippen molar-refractivity contribution in [2.24, 2.45) is 0 Å². The maximum atomic E-state index is 13.7. The molecular weight excluding hydrogens is 357 g/mol. The third-order valence-corrected chi connectivity index (χ3v) is 4.20. The van der Waals surface area contributed by atoms with Gasteiger partial charge in [0.1, 0.15) is 5.82 Å². The highest BCUT2D eigenvalue weighted by Gasteiger charge is 2.18. The van der Waals surface area contributed by atoms with E-state index in [-0.39, 0.29) is 39.5 Å². The number of rotatable bonds is 5. The Morgan fingerprint density at radius 2 is 1.82 bits per heavy atom. The zero-order valence-electron chi connectivity index (χ0n) is 11.8. The summed E-state index contributed by atoms with van der Waals surface area (Å²) in [6.07, 6.45) is -2.60. The largest absolute Gasteiger partial charge is 0.294 e. The van der Waals surface area contributed by atoms with E-state index in [1.54, 1.807) is 25.1 Å². The number of hydrogen-bond acceptors (Lipinski definition) is 1. The van der Waals surface area contributed by atoms with Gasteiger partial charge in [-0.05, 0) is 29.7 Å². The highest BCUT2D eigenvalue weighted by atomic mass is 79.9. The Morgan fingerprint density at radius 3 is 2.45 bits per heavy atom. The van der Waals surface area contributed by atoms with E-state index in [9.17, 15) is 18.0 Å². The second-order valence-corrected chi connectivity index (χ2v) is 5.94. The molecule has 5 heteroatoms. The first-order chi connectivity index (χ1) is 10.4. The van der Waals surface area contributed by atoms with Gasteiger partial charge in [-0.2, -0.15) is 0 Å². The predicted octanol–water partition coefficient (Wildman–Crippen LogP) is 5.90. The highest BCUT2D eigenvalue weighted by molar-refractivity contribution is 9.10. The number of alkyl halides is 2. The van der Waals surface area contributed by atoms with E-state index in [2.05, 4.69) is 15.9 Å². The van der Waals surface area contributed by atoms with Crippen LogP contribution >= 0.6 is 15.9 Å². The second kappa shape index (κ2) is 7.09. The van der Waals surface area contributed by atoms with Crippen LogP contribution in [-0.2, 0) is 0 Å². The van der Waals surface area contributed by atoms with Gasteiger partial charge in [-0.25, -0.2) is 13.2 Å². The summed E-state index contributed by atoms with van der Waals surface area (Å²) in [4.78, 5) is 12.2. The normalized spacial score (nSPS) is 12.5. The van der Waals surface area contributed by atoms with E-state index in [0.717, 1.165) is 0 Å². The molecule has 2 rings (SSSR count). The number of benzene rings is 2. The van der Waals surface area contributed by atoms with Crippen molar-refractivity contribution in [3.05, 3.63) is 69.4 Å². The summed E-state index contributed by atoms with van der Waals surface area (Å²) >= 11 is 3.04. The number of ketones is 1. The minimum Gasteiger partial charge on any atom is -0.294 e. The van der Waals surface area contributed by atoms with E-state index in [4.69, 9.17) is 0 Å². The van der Waals surface area contributed by atoms with Crippen molar-refractivity contribution in [3.63, 3.8) is 0 Å². The molecule has 116 valence electrons. The van der Waals surface area contributed by atoms with Crippen molar-refractivity contribution in [2.75, 3.05) is 0 Å². The average Bonchev–Trinajstić information content (AvgIpc) is 2.47. The van der Waals surface area contributed by atoms with Crippen LogP contribution in [0.1, 0.15) is 47.2 Å². The number of halogens is 4. The minimum atomic E-state index is -2.66. The first-order valence-corrected chi connectivity index (χ1v) is 7.54. The lowest BCUT2D eigenvalue weighted by atomic mass is 9.92. The van der Waals surface area contributed by atoms with Gasteiger partial charge in [0.2, 0.25) is 0 Å². The summed E-state index contributed by atoms with van der Waals surface area (Å²) in [5.74, 6) is -0.982. The molecule has 0 spiro atoms. The van der Waals surface area contributed by atoms with Gasteiger partial charge in [-0.15, -0.1) is 0 Å². The van der Waals surface area contributed by atoms with E-state index >= 15 is 0 Å². The standard InChI is InChI=1S/C17H14BrF3O/c1-10(12-4-2-3-5-15(12)19)8-16(22)11-6-7-14(18)13(9-11)17(20)21/h2-7,9-10,17H,8H2,1H3. The maximum absolute atomic E-state index is 13.7. The lowest BCUT2D eigenvalue weighted by molar-refractivity contribution is 0.0974. The fourth-order valence-corrected chi connectivity index (χ4v) is 2.68. The molecule has 0 saturated carbocycles. The van der Waals surface area contributed by atoms with Crippen LogP contribution < -0.4 is 0 Å². The SMILES string of the molecule is CC(CC(=O)c1ccc(Br)c(C(F)F)c1)c1ccccc1F. The smallest absolute Gasteiger partial charge is 0.264 e. The number of hydrogen-bond donors (Lipinski definition) is 0. The molecule has 0 heterocycles. The van der Waals surface area contributed by atoms with Gasteiger partial charge in [0.05, 0.1) is 0 Å². The van der Waals surface area contributed by atoms with Gasteiger partial charge >= 0.3 is 0 Å². The average molecular weight is 371 g/mol. The van der Waals surface area contributed by atoms with Crippen molar-refractivity contribution in [1.82, 2.24) is 0 Å². The van der Waals surface area contributed by atoms with Crippen LogP contribution in [0, 0.1) is 5.82 Å². The zero-order valence-corrected chi connectivity index (χ0v) is 13.4. The van der Waals surface area contributed by atoms with Crippen molar-refractivity contribution in [1.29, 1.82) is 0 Å². The molecule has 2 aromatic rings. The van der Waals surface area contributed by atoms with Gasteiger partial charge in [-0.1, -0.05) is 47.1 Å². The maximum Gasteiger partial charge on any atom is 0.264 e. The topological polar surface area (TPSA) is 17.1 Å². The van der Waals surface area contributed by atoms with E-state index in [1.807, 2.05) is 0 Å². The highest BCUT2D eigenvalue weighted by Crippen LogP contribution is 2.30. The molecule has 0 fully saturated rings. The van der Waals surface area contributed by atoms with Gasteiger partial charge in [0, 0.05) is 22.0 Å². The molecule has 1 unspecified atom stereocenters. The Balaban J connectivity index is 2.19. The molecular formula is C17H14BrF3O. The summed E-state index contributed by atoms with van der Waals surface area (Å²) in [6, 6.07) is 10.4. The third kappa shape index (κ3) is 3.77. The number of Topliss-reactive ketones (excluding diaryl/α,β-unsaturated/α-hetero) is 1. The second-order valence-electron chi connectivity index (χ2n) is 5.09. The number of carbonyl (C=O) groups excluding carboxylic acids is 1. The van der Waals surface area contributed by atoms with Crippen molar-refractivity contribution in [2.45, 2.75) is 25.7 Å². The van der Waals surface area contributed by atoms with Crippen LogP contribution in [0.15, 0.2) is 46.9 Å². The molecule has 0 aliphatic rings. The Labute approximate surface area is 135 Å². The van der Waals surface area contributed by atoms with Gasteiger partial charge in [0.15, 0.2) is 5.78 Å². The summed E-state index contributed by atoms with van der Waals surface area (Å²) in [6.45, 7) is 1.74. The van der Waals surface area contributed by atoms with Gasteiger partial charge in [0.25, 0.3) is 6.43 Å². The molecule has 22 heavy (non-hydrogen) atoms. The number of carbonyl (C=O) groups is 1. The lowest BCUT2D eigenvalue weighted by Crippen LogP contribution is -2.07. The van der Waals surface area contributed by atoms with Crippen molar-refractivity contribution < 1.29 is 18.0 Å². The molecule has 2 aromatic carbocycles. The molecule has 0 amide bonds. The first-order valence-electron chi connectivity index (χ1n) is 6.75. The molecule has 0 aliphatic heterocycles. The predicted molar refractivity (Wildman–Crippen MR) is 82.9 cm³/mol. The minimum absolute atomic E-state index is 0.0608. The van der Waals surface area contributed by atoms with E-state index in [0.29, 0.717) is 5.56 Å². The summed E-state index contributed by atoms with van der Waals surface area (Å²) < 4.78 is 39.7. The molecule has 0 aromatic heterocycles. The van der Waals surface area contributed by atoms with E-state index < -0.39 is 6.43 Å². The molecule has 0 aliphatic carbocycles. The van der Waals surface area contributed by atoms with E-state index in [1.165, 1.54) is 24.3 Å². The molecule has 0 saturated heterocycles. The summed E-state index contributed by atoms with van der Waals surface area (Å²) in [5, 5.41) is 0. The molecule has 1 nitrogen and oxygen atoms in total. The molecule has 0 bridgehead atoms. The fraction of sp³-hybridized carbons (Fsp3) is 0.235. The van der Waals surface area contributed by atoms with Crippen molar-refractivity contribution >= 4 is 21.7 Å². The summed E-state index contributed by atoms with van der Waals surface area (Å²) in [5.41, 5.74) is 0.438. The lowest BCUT2D eigenvalue weighted by Gasteiger charge is -2.13. The van der Waals surface area contributed by atoms with Crippen molar-refractivity contribution in [3.8, 4) is 0 Å². The Morgan fingerprint density at radius 1 is 1.14 bits per heavy atom. The van der Waals surface area contributed by atoms with Crippen LogP contribution in [-0.4, -0.2) is 5.78 Å². The fourth-order valence-electron chi connectivity index (χ4n) is 2.27. The first kappa shape index (κ1) is 16.7. The third-order valence-electron chi connectivity index (χ3n) is 3.48. The zero-order chi connectivity index (χ0) is 16.3. The van der Waals surface area contributed by atoms with Crippen LogP contribution in [0.5, 0.6) is 0 Å².